The first kappa shape index (κ1) is 12.9. The van der Waals surface area contributed by atoms with Crippen LogP contribution in [0.1, 0.15) is 46.0 Å². The van der Waals surface area contributed by atoms with Crippen LogP contribution in [-0.4, -0.2) is 46.5 Å². The monoisotopic (exact) mass is 215 g/mol. The van der Waals surface area contributed by atoms with Crippen LogP contribution in [0.5, 0.6) is 0 Å². The van der Waals surface area contributed by atoms with Crippen molar-refractivity contribution >= 4 is 0 Å². The number of hydrogen-bond acceptors (Lipinski definition) is 3. The van der Waals surface area contributed by atoms with Gasteiger partial charge in [0.05, 0.1) is 5.60 Å². The first-order valence-corrected chi connectivity index (χ1v) is 6.10. The number of rotatable bonds is 7. The van der Waals surface area contributed by atoms with E-state index in [1.807, 2.05) is 13.8 Å². The zero-order chi connectivity index (χ0) is 11.3. The van der Waals surface area contributed by atoms with Crippen LogP contribution in [0.2, 0.25) is 0 Å². The molecular weight excluding hydrogens is 190 g/mol. The minimum absolute atomic E-state index is 0.270. The number of nitrogens with zero attached hydrogens (tertiary/aromatic N) is 1. The van der Waals surface area contributed by atoms with Crippen molar-refractivity contribution in [1.82, 2.24) is 4.90 Å². The highest BCUT2D eigenvalue weighted by Crippen LogP contribution is 2.25. The van der Waals surface area contributed by atoms with E-state index in [2.05, 4.69) is 4.90 Å². The molecule has 0 spiro atoms. The molecule has 0 aromatic carbocycles. The van der Waals surface area contributed by atoms with E-state index in [0.717, 1.165) is 25.9 Å². The van der Waals surface area contributed by atoms with Crippen molar-refractivity contribution in [3.63, 3.8) is 0 Å². The highest BCUT2D eigenvalue weighted by atomic mass is 16.3. The zero-order valence-electron chi connectivity index (χ0n) is 10.1. The van der Waals surface area contributed by atoms with E-state index in [-0.39, 0.29) is 6.61 Å². The maximum absolute atomic E-state index is 9.69. The molecule has 0 atom stereocenters. The SMILES string of the molecule is CC(C)(O)CCN(CCCO)C1CCC1. The Morgan fingerprint density at radius 1 is 1.27 bits per heavy atom. The number of aliphatic hydroxyl groups excluding tert-OH is 1. The Bertz CT molecular complexity index is 173. The van der Waals surface area contributed by atoms with Crippen LogP contribution in [0.4, 0.5) is 0 Å². The van der Waals surface area contributed by atoms with Gasteiger partial charge in [-0.05, 0) is 39.5 Å². The van der Waals surface area contributed by atoms with E-state index in [4.69, 9.17) is 5.11 Å². The third-order valence-electron chi connectivity index (χ3n) is 3.21. The lowest BCUT2D eigenvalue weighted by molar-refractivity contribution is 0.0389. The van der Waals surface area contributed by atoms with E-state index >= 15 is 0 Å². The van der Waals surface area contributed by atoms with E-state index in [0.29, 0.717) is 6.04 Å². The lowest BCUT2D eigenvalue weighted by Crippen LogP contribution is -2.43. The van der Waals surface area contributed by atoms with Gasteiger partial charge in [-0.1, -0.05) is 6.42 Å². The summed E-state index contributed by atoms with van der Waals surface area (Å²) >= 11 is 0. The Morgan fingerprint density at radius 2 is 1.93 bits per heavy atom. The molecule has 0 aromatic heterocycles. The number of hydrogen-bond donors (Lipinski definition) is 2. The first-order chi connectivity index (χ1) is 7.03. The molecule has 1 aliphatic carbocycles. The standard InChI is InChI=1S/C12H25NO2/c1-12(2,15)7-9-13(8-4-10-14)11-5-3-6-11/h11,14-15H,3-10H2,1-2H3. The molecule has 3 heteroatoms. The molecule has 0 aliphatic heterocycles. The second kappa shape index (κ2) is 5.83. The molecule has 2 N–H and O–H groups in total. The van der Waals surface area contributed by atoms with Crippen LogP contribution in [0.3, 0.4) is 0 Å². The van der Waals surface area contributed by atoms with Gasteiger partial charge in [0.1, 0.15) is 0 Å². The summed E-state index contributed by atoms with van der Waals surface area (Å²) in [6.45, 7) is 5.91. The summed E-state index contributed by atoms with van der Waals surface area (Å²) in [5.41, 5.74) is -0.568. The van der Waals surface area contributed by atoms with Crippen LogP contribution < -0.4 is 0 Å². The predicted octanol–water partition coefficient (Wildman–Crippen LogP) is 1.38. The second-order valence-electron chi connectivity index (χ2n) is 5.26. The third-order valence-corrected chi connectivity index (χ3v) is 3.21. The molecule has 0 amide bonds. The fourth-order valence-corrected chi connectivity index (χ4v) is 1.92. The topological polar surface area (TPSA) is 43.7 Å². The molecule has 90 valence electrons. The van der Waals surface area contributed by atoms with Gasteiger partial charge in [0.2, 0.25) is 0 Å². The highest BCUT2D eigenvalue weighted by molar-refractivity contribution is 4.81. The van der Waals surface area contributed by atoms with Gasteiger partial charge in [-0.2, -0.15) is 0 Å². The smallest absolute Gasteiger partial charge is 0.0603 e. The van der Waals surface area contributed by atoms with Gasteiger partial charge in [0.15, 0.2) is 0 Å². The molecule has 0 unspecified atom stereocenters. The number of aliphatic hydroxyl groups is 2. The van der Waals surface area contributed by atoms with Crippen LogP contribution >= 0.6 is 0 Å². The Hall–Kier alpha value is -0.120. The summed E-state index contributed by atoms with van der Waals surface area (Å²) < 4.78 is 0. The Labute approximate surface area is 93.1 Å². The average Bonchev–Trinajstić information content (AvgIpc) is 2.05. The molecule has 1 fully saturated rings. The molecule has 1 aliphatic rings. The summed E-state index contributed by atoms with van der Waals surface area (Å²) in [5.74, 6) is 0. The Morgan fingerprint density at radius 3 is 2.33 bits per heavy atom. The molecule has 1 rings (SSSR count). The predicted molar refractivity (Wildman–Crippen MR) is 61.8 cm³/mol. The lowest BCUT2D eigenvalue weighted by Gasteiger charge is -2.38. The van der Waals surface area contributed by atoms with Crippen LogP contribution in [0, 0.1) is 0 Å². The molecule has 0 saturated heterocycles. The summed E-state index contributed by atoms with van der Waals surface area (Å²) in [6, 6.07) is 0.707. The van der Waals surface area contributed by atoms with Gasteiger partial charge in [0, 0.05) is 25.7 Å². The molecular formula is C12H25NO2. The highest BCUT2D eigenvalue weighted by Gasteiger charge is 2.25. The molecule has 15 heavy (non-hydrogen) atoms. The largest absolute Gasteiger partial charge is 0.396 e. The van der Waals surface area contributed by atoms with E-state index in [1.165, 1.54) is 19.3 Å². The molecule has 0 aromatic rings. The lowest BCUT2D eigenvalue weighted by atomic mass is 9.90. The Kier molecular flexibility index (Phi) is 5.03. The third kappa shape index (κ3) is 4.96. The van der Waals surface area contributed by atoms with Gasteiger partial charge in [-0.25, -0.2) is 0 Å². The molecule has 0 radical (unpaired) electrons. The van der Waals surface area contributed by atoms with Crippen molar-refractivity contribution in [2.24, 2.45) is 0 Å². The van der Waals surface area contributed by atoms with Crippen LogP contribution in [0.15, 0.2) is 0 Å². The quantitative estimate of drug-likeness (QED) is 0.674. The zero-order valence-corrected chi connectivity index (χ0v) is 10.1. The van der Waals surface area contributed by atoms with Gasteiger partial charge >= 0.3 is 0 Å². The minimum Gasteiger partial charge on any atom is -0.396 e. The van der Waals surface area contributed by atoms with Crippen molar-refractivity contribution in [3.05, 3.63) is 0 Å². The summed E-state index contributed by atoms with van der Waals surface area (Å²) in [5, 5.41) is 18.5. The van der Waals surface area contributed by atoms with Crippen molar-refractivity contribution in [1.29, 1.82) is 0 Å². The summed E-state index contributed by atoms with van der Waals surface area (Å²) in [6.07, 6.45) is 5.58. The van der Waals surface area contributed by atoms with Crippen molar-refractivity contribution in [2.45, 2.75) is 57.6 Å². The molecule has 3 nitrogen and oxygen atoms in total. The molecule has 0 bridgehead atoms. The fourth-order valence-electron chi connectivity index (χ4n) is 1.92. The van der Waals surface area contributed by atoms with Gasteiger partial charge in [-0.15, -0.1) is 0 Å². The normalized spacial score (nSPS) is 18.2. The van der Waals surface area contributed by atoms with E-state index in [9.17, 15) is 5.11 Å². The second-order valence-corrected chi connectivity index (χ2v) is 5.26. The summed E-state index contributed by atoms with van der Waals surface area (Å²) in [7, 11) is 0. The van der Waals surface area contributed by atoms with Crippen LogP contribution in [0.25, 0.3) is 0 Å². The maximum atomic E-state index is 9.69. The fraction of sp³-hybridized carbons (Fsp3) is 1.00. The van der Waals surface area contributed by atoms with E-state index < -0.39 is 5.60 Å². The van der Waals surface area contributed by atoms with Gasteiger partial charge < -0.3 is 15.1 Å². The van der Waals surface area contributed by atoms with Gasteiger partial charge in [0.25, 0.3) is 0 Å². The van der Waals surface area contributed by atoms with Crippen LogP contribution in [-0.2, 0) is 0 Å². The van der Waals surface area contributed by atoms with E-state index in [1.54, 1.807) is 0 Å². The first-order valence-electron chi connectivity index (χ1n) is 6.10. The Balaban J connectivity index is 2.28. The molecule has 1 saturated carbocycles. The average molecular weight is 215 g/mol. The van der Waals surface area contributed by atoms with Crippen molar-refractivity contribution < 1.29 is 10.2 Å². The van der Waals surface area contributed by atoms with Crippen molar-refractivity contribution in [2.75, 3.05) is 19.7 Å². The summed E-state index contributed by atoms with van der Waals surface area (Å²) in [4.78, 5) is 2.43. The maximum Gasteiger partial charge on any atom is 0.0603 e. The van der Waals surface area contributed by atoms with Gasteiger partial charge in [-0.3, -0.25) is 0 Å². The molecule has 0 heterocycles. The minimum atomic E-state index is -0.568. The van der Waals surface area contributed by atoms with Crippen molar-refractivity contribution in [3.8, 4) is 0 Å².